The van der Waals surface area contributed by atoms with Crippen molar-refractivity contribution < 1.29 is 17.9 Å². The van der Waals surface area contributed by atoms with Crippen LogP contribution in [0.2, 0.25) is 0 Å². The van der Waals surface area contributed by atoms with Crippen LogP contribution in [0.15, 0.2) is 66.7 Å². The predicted molar refractivity (Wildman–Crippen MR) is 94.0 cm³/mol. The van der Waals surface area contributed by atoms with Crippen LogP contribution < -0.4 is 15.6 Å². The summed E-state index contributed by atoms with van der Waals surface area (Å²) in [5.74, 6) is -4.43. The number of hydrogen-bond donors (Lipinski definition) is 2. The first-order valence-electron chi connectivity index (χ1n) is 8.02. The molecule has 2 N–H and O–H groups in total. The van der Waals surface area contributed by atoms with Gasteiger partial charge in [0.1, 0.15) is 6.61 Å². The maximum atomic E-state index is 13.7. The summed E-state index contributed by atoms with van der Waals surface area (Å²) in [5, 5.41) is 0. The Morgan fingerprint density at radius 1 is 0.731 bits per heavy atom. The molecule has 0 saturated heterocycles. The van der Waals surface area contributed by atoms with Crippen molar-refractivity contribution in [3.8, 4) is 5.75 Å². The van der Waals surface area contributed by atoms with Crippen LogP contribution in [-0.4, -0.2) is 0 Å². The van der Waals surface area contributed by atoms with Gasteiger partial charge >= 0.3 is 0 Å². The van der Waals surface area contributed by atoms with Crippen molar-refractivity contribution in [1.29, 1.82) is 0 Å². The highest BCUT2D eigenvalue weighted by molar-refractivity contribution is 5.41. The van der Waals surface area contributed by atoms with E-state index in [2.05, 4.69) is 10.9 Å². The molecule has 0 spiro atoms. The Morgan fingerprint density at radius 2 is 1.42 bits per heavy atom. The van der Waals surface area contributed by atoms with E-state index in [1.807, 2.05) is 54.6 Å². The Balaban J connectivity index is 1.63. The molecule has 0 unspecified atom stereocenters. The minimum Gasteiger partial charge on any atom is -0.486 e. The van der Waals surface area contributed by atoms with Crippen molar-refractivity contribution in [2.75, 3.05) is 5.43 Å². The van der Waals surface area contributed by atoms with Gasteiger partial charge in [-0.05, 0) is 35.4 Å². The number of ether oxygens (including phenoxy) is 1. The molecular formula is C20H17F3N2O. The standard InChI is InChI=1S/C20H17F3N2O/c21-17-10-11-18(20(23)19(17)22)26-13-15-7-5-4-6-14(15)12-24-25-16-8-2-1-3-9-16/h1-11,24-25H,12-13H2. The molecule has 3 aromatic carbocycles. The van der Waals surface area contributed by atoms with E-state index in [1.165, 1.54) is 0 Å². The lowest BCUT2D eigenvalue weighted by Gasteiger charge is -2.13. The number of nitrogens with one attached hydrogen (secondary N) is 2. The number of hydrazine groups is 1. The molecule has 134 valence electrons. The van der Waals surface area contributed by atoms with Gasteiger partial charge in [0.05, 0.1) is 0 Å². The first-order chi connectivity index (χ1) is 12.6. The van der Waals surface area contributed by atoms with E-state index in [9.17, 15) is 13.2 Å². The van der Waals surface area contributed by atoms with Crippen LogP contribution in [0.3, 0.4) is 0 Å². The van der Waals surface area contributed by atoms with Gasteiger partial charge in [-0.25, -0.2) is 14.2 Å². The van der Waals surface area contributed by atoms with Gasteiger partial charge < -0.3 is 10.2 Å². The van der Waals surface area contributed by atoms with Crippen molar-refractivity contribution in [3.63, 3.8) is 0 Å². The second-order valence-electron chi connectivity index (χ2n) is 5.58. The van der Waals surface area contributed by atoms with Gasteiger partial charge in [0, 0.05) is 12.2 Å². The van der Waals surface area contributed by atoms with Gasteiger partial charge in [-0.2, -0.15) is 4.39 Å². The van der Waals surface area contributed by atoms with E-state index in [0.29, 0.717) is 6.54 Å². The fourth-order valence-corrected chi connectivity index (χ4v) is 2.41. The molecule has 0 aliphatic heterocycles. The number of halogens is 3. The van der Waals surface area contributed by atoms with Crippen molar-refractivity contribution in [3.05, 3.63) is 95.3 Å². The molecule has 0 saturated carbocycles. The van der Waals surface area contributed by atoms with Gasteiger partial charge in [-0.3, -0.25) is 0 Å². The minimum absolute atomic E-state index is 0.0329. The monoisotopic (exact) mass is 358 g/mol. The molecule has 3 rings (SSSR count). The van der Waals surface area contributed by atoms with Gasteiger partial charge in [-0.1, -0.05) is 42.5 Å². The van der Waals surface area contributed by atoms with Crippen molar-refractivity contribution in [2.45, 2.75) is 13.2 Å². The summed E-state index contributed by atoms with van der Waals surface area (Å²) in [6, 6.07) is 19.0. The number of para-hydroxylation sites is 1. The smallest absolute Gasteiger partial charge is 0.203 e. The summed E-state index contributed by atoms with van der Waals surface area (Å²) in [6.45, 7) is 0.528. The summed E-state index contributed by atoms with van der Waals surface area (Å²) >= 11 is 0. The molecule has 3 aromatic rings. The molecule has 6 heteroatoms. The fourth-order valence-electron chi connectivity index (χ4n) is 2.41. The Labute approximate surface area is 149 Å². The highest BCUT2D eigenvalue weighted by Crippen LogP contribution is 2.23. The molecule has 0 aromatic heterocycles. The molecule has 0 bridgehead atoms. The predicted octanol–water partition coefficient (Wildman–Crippen LogP) is 4.80. The highest BCUT2D eigenvalue weighted by atomic mass is 19.2. The molecule has 0 atom stereocenters. The van der Waals surface area contributed by atoms with E-state index in [0.717, 1.165) is 28.9 Å². The summed E-state index contributed by atoms with van der Waals surface area (Å²) in [4.78, 5) is 0. The third kappa shape index (κ3) is 4.34. The third-order valence-electron chi connectivity index (χ3n) is 3.79. The first-order valence-corrected chi connectivity index (χ1v) is 8.02. The SMILES string of the molecule is Fc1ccc(OCc2ccccc2CNNc2ccccc2)c(F)c1F. The number of anilines is 1. The van der Waals surface area contributed by atoms with Gasteiger partial charge in [0.25, 0.3) is 0 Å². The Hall–Kier alpha value is -2.99. The Morgan fingerprint density at radius 3 is 2.19 bits per heavy atom. The maximum absolute atomic E-state index is 13.7. The molecule has 0 amide bonds. The van der Waals surface area contributed by atoms with Gasteiger partial charge in [-0.15, -0.1) is 0 Å². The van der Waals surface area contributed by atoms with E-state index in [-0.39, 0.29) is 12.4 Å². The van der Waals surface area contributed by atoms with Gasteiger partial charge in [0.15, 0.2) is 17.4 Å². The lowest BCUT2D eigenvalue weighted by Crippen LogP contribution is -2.21. The minimum atomic E-state index is -1.54. The number of hydrogen-bond acceptors (Lipinski definition) is 3. The molecule has 0 heterocycles. The molecular weight excluding hydrogens is 341 g/mol. The molecule has 26 heavy (non-hydrogen) atoms. The normalized spacial score (nSPS) is 10.6. The maximum Gasteiger partial charge on any atom is 0.203 e. The number of rotatable bonds is 7. The molecule has 0 radical (unpaired) electrons. The van der Waals surface area contributed by atoms with Gasteiger partial charge in [0.2, 0.25) is 5.82 Å². The summed E-state index contributed by atoms with van der Waals surface area (Å²) < 4.78 is 45.3. The third-order valence-corrected chi connectivity index (χ3v) is 3.79. The molecule has 0 fully saturated rings. The number of benzene rings is 3. The Kier molecular flexibility index (Phi) is 5.76. The van der Waals surface area contributed by atoms with E-state index in [1.54, 1.807) is 0 Å². The van der Waals surface area contributed by atoms with Crippen LogP contribution >= 0.6 is 0 Å². The van der Waals surface area contributed by atoms with Crippen molar-refractivity contribution >= 4 is 5.69 Å². The topological polar surface area (TPSA) is 33.3 Å². The average Bonchev–Trinajstić information content (AvgIpc) is 2.67. The van der Waals surface area contributed by atoms with Crippen LogP contribution in [0.4, 0.5) is 18.9 Å². The summed E-state index contributed by atoms with van der Waals surface area (Å²) in [6.07, 6.45) is 0. The zero-order chi connectivity index (χ0) is 18.4. The van der Waals surface area contributed by atoms with Crippen LogP contribution in [0.5, 0.6) is 5.75 Å². The zero-order valence-corrected chi connectivity index (χ0v) is 13.8. The largest absolute Gasteiger partial charge is 0.486 e. The van der Waals surface area contributed by atoms with E-state index in [4.69, 9.17) is 4.74 Å². The molecule has 0 aliphatic rings. The van der Waals surface area contributed by atoms with E-state index < -0.39 is 17.5 Å². The average molecular weight is 358 g/mol. The summed E-state index contributed by atoms with van der Waals surface area (Å²) in [7, 11) is 0. The quantitative estimate of drug-likeness (QED) is 0.470. The van der Waals surface area contributed by atoms with Crippen LogP contribution in [0.1, 0.15) is 11.1 Å². The first kappa shape index (κ1) is 17.8. The molecule has 3 nitrogen and oxygen atoms in total. The van der Waals surface area contributed by atoms with Crippen molar-refractivity contribution in [1.82, 2.24) is 5.43 Å². The van der Waals surface area contributed by atoms with Crippen LogP contribution in [0, 0.1) is 17.5 Å². The second-order valence-corrected chi connectivity index (χ2v) is 5.58. The summed E-state index contributed by atoms with van der Waals surface area (Å²) in [5.41, 5.74) is 8.83. The lowest BCUT2D eigenvalue weighted by atomic mass is 10.1. The lowest BCUT2D eigenvalue weighted by molar-refractivity contribution is 0.280. The van der Waals surface area contributed by atoms with Crippen LogP contribution in [-0.2, 0) is 13.2 Å². The van der Waals surface area contributed by atoms with Crippen LogP contribution in [0.25, 0.3) is 0 Å². The Bertz CT molecular complexity index is 872. The fraction of sp³-hybridized carbons (Fsp3) is 0.100. The molecule has 0 aliphatic carbocycles. The van der Waals surface area contributed by atoms with Crippen molar-refractivity contribution in [2.24, 2.45) is 0 Å². The highest BCUT2D eigenvalue weighted by Gasteiger charge is 2.14. The second kappa shape index (κ2) is 8.40. The van der Waals surface area contributed by atoms with E-state index >= 15 is 0 Å². The zero-order valence-electron chi connectivity index (χ0n) is 13.8.